The zero-order valence-corrected chi connectivity index (χ0v) is 55.1. The first-order valence-corrected chi connectivity index (χ1v) is 35.8. The summed E-state index contributed by atoms with van der Waals surface area (Å²) in [6, 6.07) is 12.6. The molecular weight excluding hydrogens is 1240 g/mol. The van der Waals surface area contributed by atoms with Crippen LogP contribution in [-0.4, -0.2) is 123 Å². The van der Waals surface area contributed by atoms with Gasteiger partial charge >= 0.3 is 12.2 Å². The van der Waals surface area contributed by atoms with Gasteiger partial charge < -0.3 is 47.1 Å². The first-order valence-electron chi connectivity index (χ1n) is 26.0. The molecule has 4 aliphatic heterocycles. The van der Waals surface area contributed by atoms with Crippen molar-refractivity contribution in [3.63, 3.8) is 0 Å². The lowest BCUT2D eigenvalue weighted by Gasteiger charge is -2.44. The van der Waals surface area contributed by atoms with Crippen molar-refractivity contribution in [1.82, 2.24) is 9.80 Å². The molecule has 0 N–H and O–H groups in total. The molecule has 4 aliphatic rings. The number of rotatable bonds is 16. The van der Waals surface area contributed by atoms with Gasteiger partial charge in [0.2, 0.25) is 7.59 Å². The van der Waals surface area contributed by atoms with E-state index in [0.29, 0.717) is 12.8 Å². The van der Waals surface area contributed by atoms with Crippen LogP contribution in [0.25, 0.3) is 11.1 Å². The molecular formula is C55H66Cl6N4O12S2Si2. The van der Waals surface area contributed by atoms with Crippen molar-refractivity contribution in [1.29, 1.82) is 0 Å². The Morgan fingerprint density at radius 1 is 0.593 bits per heavy atom. The smallest absolute Gasteiger partial charge is 0.416 e. The van der Waals surface area contributed by atoms with Gasteiger partial charge in [-0.15, -0.1) is 22.7 Å². The van der Waals surface area contributed by atoms with Crippen LogP contribution in [0, 0.1) is 0 Å². The Labute approximate surface area is 513 Å². The third-order valence-electron chi connectivity index (χ3n) is 15.4. The highest BCUT2D eigenvalue weighted by Gasteiger charge is 2.53. The minimum absolute atomic E-state index is 0.0194. The van der Waals surface area contributed by atoms with Crippen molar-refractivity contribution >= 4 is 155 Å². The summed E-state index contributed by atoms with van der Waals surface area (Å²) in [5.74, 6) is -0.0587. The van der Waals surface area contributed by atoms with Crippen molar-refractivity contribution in [2.24, 2.45) is 0 Å². The summed E-state index contributed by atoms with van der Waals surface area (Å²) in [6.07, 6.45) is 0.603. The summed E-state index contributed by atoms with van der Waals surface area (Å²) < 4.78 is 46.5. The van der Waals surface area contributed by atoms with E-state index in [0.717, 1.165) is 20.9 Å². The van der Waals surface area contributed by atoms with E-state index in [9.17, 15) is 19.2 Å². The predicted molar refractivity (Wildman–Crippen MR) is 328 cm³/mol. The van der Waals surface area contributed by atoms with Crippen molar-refractivity contribution in [3.05, 3.63) is 92.6 Å². The van der Waals surface area contributed by atoms with Gasteiger partial charge in [0.05, 0.1) is 62.0 Å². The lowest BCUT2D eigenvalue weighted by atomic mass is 10.1. The predicted octanol–water partition coefficient (Wildman–Crippen LogP) is 15.5. The maximum atomic E-state index is 15.0. The number of halogens is 6. The van der Waals surface area contributed by atoms with Crippen LogP contribution in [0.1, 0.15) is 91.3 Å². The minimum Gasteiger partial charge on any atom is -0.493 e. The molecule has 0 saturated heterocycles. The molecule has 0 fully saturated rings. The van der Waals surface area contributed by atoms with E-state index in [4.69, 9.17) is 107 Å². The Morgan fingerprint density at radius 2 is 0.963 bits per heavy atom. The summed E-state index contributed by atoms with van der Waals surface area (Å²) in [6.45, 7) is 19.6. The summed E-state index contributed by atoms with van der Waals surface area (Å²) in [5.41, 5.74) is 2.27. The van der Waals surface area contributed by atoms with Gasteiger partial charge in [-0.3, -0.25) is 9.59 Å². The minimum atomic E-state index is -2.75. The number of methoxy groups -OCH3 is 2. The summed E-state index contributed by atoms with van der Waals surface area (Å²) in [5, 5.41) is 3.27. The fourth-order valence-corrected chi connectivity index (χ4v) is 13.4. The Balaban J connectivity index is 1.13. The second-order valence-electron chi connectivity index (χ2n) is 22.9. The van der Waals surface area contributed by atoms with E-state index in [1.165, 1.54) is 58.8 Å². The average Bonchev–Trinajstić information content (AvgIpc) is 4.43. The molecule has 81 heavy (non-hydrogen) atoms. The largest absolute Gasteiger partial charge is 0.493 e. The Morgan fingerprint density at radius 3 is 1.27 bits per heavy atom. The van der Waals surface area contributed by atoms with Crippen LogP contribution < -0.4 is 28.7 Å². The lowest BCUT2D eigenvalue weighted by molar-refractivity contribution is 0.0584. The summed E-state index contributed by atoms with van der Waals surface area (Å²) in [4.78, 5) is 67.2. The Kier molecular flexibility index (Phi) is 18.9. The standard InChI is InChI=1S/C55H66Cl6N4O12S2Si2/c1-52(2,3)80(9,10)76-48-38-22-32(44-16-13-20-78-44)28-62(38)46(66)34-24-40(70-7)42(26-36(34)64(48)50(68)74-30-54(56,57)58)72-18-15-19-73-43-27-37-35(25-41(43)71-8)47(67)63-29-33(45-17-14-21-79-45)23-39(63)49(77-81(11,12)53(4,5)6)65(37)51(69)75-31-55(59,60)61/h13-14,16-17,20-21,24-29,38-39,48-49H,15,18-19,22-23,30-31H2,1-12H3/t38-,39-,48-,49-/m0/s1. The molecule has 440 valence electrons. The normalized spacial score (nSPS) is 19.7. The molecule has 4 amide bonds. The number of anilines is 2. The number of alkyl halides is 6. The van der Waals surface area contributed by atoms with E-state index in [1.54, 1.807) is 21.9 Å². The van der Waals surface area contributed by atoms with Gasteiger partial charge in [0.15, 0.2) is 52.1 Å². The number of carbonyl (C=O) groups excluding carboxylic acids is 4. The van der Waals surface area contributed by atoms with Crippen LogP contribution in [-0.2, 0) is 18.3 Å². The molecule has 8 rings (SSSR count). The Bertz CT molecular complexity index is 2870. The molecule has 2 aromatic carbocycles. The van der Waals surface area contributed by atoms with Gasteiger partial charge in [0, 0.05) is 53.5 Å². The number of fused-ring (bicyclic) bond motifs is 4. The number of amides is 4. The van der Waals surface area contributed by atoms with E-state index < -0.39 is 86.0 Å². The highest BCUT2D eigenvalue weighted by atomic mass is 35.6. The topological polar surface area (TPSA) is 155 Å². The van der Waals surface area contributed by atoms with Crippen LogP contribution in [0.15, 0.2) is 71.7 Å². The van der Waals surface area contributed by atoms with Crippen molar-refractivity contribution in [2.45, 2.75) is 129 Å². The fourth-order valence-electron chi connectivity index (χ4n) is 9.18. The Hall–Kier alpha value is -3.91. The van der Waals surface area contributed by atoms with E-state index >= 15 is 0 Å². The number of carbonyl (C=O) groups is 4. The SMILES string of the molecule is COc1cc2c(cc1OCCCOc1cc3c(cc1OC)C(=O)N1C=C(c4cccs4)C[C@H]1[C@H](O[Si](C)(C)C(C)(C)C)N3C(=O)OCC(Cl)(Cl)Cl)N(C(=O)OCC(Cl)(Cl)Cl)[C@@H](O[Si](C)(C)C(C)(C)C)[C@@H]1CC(c3cccs3)=CN1C2=O. The van der Waals surface area contributed by atoms with Crippen molar-refractivity contribution in [2.75, 3.05) is 50.4 Å². The molecule has 0 aliphatic carbocycles. The first kappa shape index (κ1) is 63.1. The third kappa shape index (κ3) is 13.8. The van der Waals surface area contributed by atoms with E-state index in [2.05, 4.69) is 67.7 Å². The summed E-state index contributed by atoms with van der Waals surface area (Å²) >= 11 is 39.9. The molecule has 26 heteroatoms. The number of ether oxygens (including phenoxy) is 6. The highest BCUT2D eigenvalue weighted by Crippen LogP contribution is 2.50. The molecule has 0 saturated carbocycles. The molecule has 2 aromatic heterocycles. The molecule has 0 unspecified atom stereocenters. The van der Waals surface area contributed by atoms with Gasteiger partial charge in [-0.05, 0) is 82.4 Å². The second kappa shape index (κ2) is 24.2. The molecule has 0 bridgehead atoms. The van der Waals surface area contributed by atoms with Crippen LogP contribution in [0.2, 0.25) is 36.3 Å². The molecule has 0 radical (unpaired) electrons. The quantitative estimate of drug-likeness (QED) is 0.0595. The number of hydrogen-bond acceptors (Lipinski definition) is 14. The van der Waals surface area contributed by atoms with E-state index in [-0.39, 0.29) is 75.2 Å². The van der Waals surface area contributed by atoms with Gasteiger partial charge in [-0.1, -0.05) is 123 Å². The number of nitrogens with zero attached hydrogens (tertiary/aromatic N) is 4. The van der Waals surface area contributed by atoms with Crippen LogP contribution in [0.4, 0.5) is 21.0 Å². The lowest BCUT2D eigenvalue weighted by Crippen LogP contribution is -2.58. The van der Waals surface area contributed by atoms with Crippen LogP contribution >= 0.6 is 92.3 Å². The van der Waals surface area contributed by atoms with E-state index in [1.807, 2.05) is 47.4 Å². The number of thiophene rings is 2. The van der Waals surface area contributed by atoms with Gasteiger partial charge in [0.1, 0.15) is 13.2 Å². The van der Waals surface area contributed by atoms with Gasteiger partial charge in [-0.25, -0.2) is 19.4 Å². The number of benzene rings is 2. The molecule has 16 nitrogen and oxygen atoms in total. The maximum absolute atomic E-state index is 15.0. The fraction of sp³-hybridized carbons (Fsp3) is 0.491. The zero-order chi connectivity index (χ0) is 59.4. The molecule has 6 heterocycles. The zero-order valence-electron chi connectivity index (χ0n) is 47.0. The van der Waals surface area contributed by atoms with Crippen LogP contribution in [0.5, 0.6) is 23.0 Å². The molecule has 0 spiro atoms. The second-order valence-corrected chi connectivity index (χ2v) is 39.4. The van der Waals surface area contributed by atoms with Crippen LogP contribution in [0.3, 0.4) is 0 Å². The summed E-state index contributed by atoms with van der Waals surface area (Å²) in [7, 11) is -2.62. The molecule has 4 atom stereocenters. The third-order valence-corrected chi connectivity index (χ3v) is 26.8. The maximum Gasteiger partial charge on any atom is 0.416 e. The monoisotopic (exact) mass is 1300 g/mol. The van der Waals surface area contributed by atoms with Gasteiger partial charge in [-0.2, -0.15) is 0 Å². The highest BCUT2D eigenvalue weighted by molar-refractivity contribution is 7.11. The average molecular weight is 1310 g/mol. The number of hydrogen-bond donors (Lipinski definition) is 0. The molecule has 4 aromatic rings. The first-order chi connectivity index (χ1) is 37.7. The van der Waals surface area contributed by atoms with Crippen molar-refractivity contribution < 1.29 is 56.5 Å². The van der Waals surface area contributed by atoms with Crippen molar-refractivity contribution in [3.8, 4) is 23.0 Å². The van der Waals surface area contributed by atoms with Gasteiger partial charge in [0.25, 0.3) is 11.8 Å².